The normalized spacial score (nSPS) is 20.1. The number of hydrogen-bond donors (Lipinski definition) is 3. The second-order valence-electron chi connectivity index (χ2n) is 5.20. The zero-order valence-electron chi connectivity index (χ0n) is 11.4. The summed E-state index contributed by atoms with van der Waals surface area (Å²) >= 11 is 1.62. The van der Waals surface area contributed by atoms with E-state index in [4.69, 9.17) is 0 Å². The molecule has 3 N–H and O–H groups in total. The Bertz CT molecular complexity index is 541. The Kier molecular flexibility index (Phi) is 4.47. The van der Waals surface area contributed by atoms with Crippen molar-refractivity contribution in [2.24, 2.45) is 0 Å². The van der Waals surface area contributed by atoms with Gasteiger partial charge in [-0.05, 0) is 46.5 Å². The van der Waals surface area contributed by atoms with Gasteiger partial charge in [0.05, 0.1) is 6.10 Å². The van der Waals surface area contributed by atoms with Gasteiger partial charge in [0.1, 0.15) is 0 Å². The Morgan fingerprint density at radius 1 is 1.35 bits per heavy atom. The molecule has 0 fully saturated rings. The average Bonchev–Trinajstić information content (AvgIpc) is 2.93. The van der Waals surface area contributed by atoms with Crippen molar-refractivity contribution in [1.29, 1.82) is 0 Å². The van der Waals surface area contributed by atoms with Crippen molar-refractivity contribution >= 4 is 11.3 Å². The molecule has 0 saturated carbocycles. The predicted molar refractivity (Wildman–Crippen MR) is 82.8 cm³/mol. The number of rotatable bonds is 4. The third kappa shape index (κ3) is 3.10. The number of aliphatic hydroxyl groups is 1. The van der Waals surface area contributed by atoms with Crippen molar-refractivity contribution in [2.45, 2.75) is 25.1 Å². The van der Waals surface area contributed by atoms with Crippen LogP contribution in [0.3, 0.4) is 0 Å². The molecular weight excluding hydrogens is 268 g/mol. The molecule has 3 nitrogen and oxygen atoms in total. The Balaban J connectivity index is 1.68. The third-order valence-electron chi connectivity index (χ3n) is 3.84. The predicted octanol–water partition coefficient (Wildman–Crippen LogP) is 2.61. The van der Waals surface area contributed by atoms with Gasteiger partial charge >= 0.3 is 0 Å². The molecule has 0 aliphatic carbocycles. The average molecular weight is 288 g/mol. The van der Waals surface area contributed by atoms with Crippen molar-refractivity contribution in [2.75, 3.05) is 13.1 Å². The quantitative estimate of drug-likeness (QED) is 0.810. The van der Waals surface area contributed by atoms with Crippen LogP contribution in [0, 0.1) is 0 Å². The summed E-state index contributed by atoms with van der Waals surface area (Å²) in [4.78, 5) is 0. The molecule has 0 radical (unpaired) electrons. The molecule has 2 heterocycles. The fourth-order valence-corrected chi connectivity index (χ4v) is 3.42. The smallest absolute Gasteiger partial charge is 0.0922 e. The number of hydrogen-bond acceptors (Lipinski definition) is 4. The summed E-state index contributed by atoms with van der Waals surface area (Å²) in [6, 6.07) is 10.8. The molecule has 1 aromatic heterocycles. The SMILES string of the molecule is OC(CNC1CCNCc2ccccc21)c1ccsc1. The van der Waals surface area contributed by atoms with E-state index < -0.39 is 6.10 Å². The second kappa shape index (κ2) is 6.50. The van der Waals surface area contributed by atoms with E-state index in [-0.39, 0.29) is 0 Å². The highest BCUT2D eigenvalue weighted by Gasteiger charge is 2.18. The minimum atomic E-state index is -0.426. The molecule has 0 amide bonds. The van der Waals surface area contributed by atoms with Crippen LogP contribution in [0.25, 0.3) is 0 Å². The summed E-state index contributed by atoms with van der Waals surface area (Å²) in [7, 11) is 0. The lowest BCUT2D eigenvalue weighted by Crippen LogP contribution is -2.27. The molecule has 1 aromatic carbocycles. The first kappa shape index (κ1) is 13.8. The number of fused-ring (bicyclic) bond motifs is 1. The van der Waals surface area contributed by atoms with Crippen LogP contribution in [0.4, 0.5) is 0 Å². The highest BCUT2D eigenvalue weighted by molar-refractivity contribution is 7.07. The molecule has 4 heteroatoms. The topological polar surface area (TPSA) is 44.3 Å². The molecule has 20 heavy (non-hydrogen) atoms. The molecule has 1 aliphatic rings. The van der Waals surface area contributed by atoms with Gasteiger partial charge in [-0.15, -0.1) is 0 Å². The molecule has 0 bridgehead atoms. The molecule has 2 atom stereocenters. The first-order valence-electron chi connectivity index (χ1n) is 7.06. The summed E-state index contributed by atoms with van der Waals surface area (Å²) < 4.78 is 0. The fraction of sp³-hybridized carbons (Fsp3) is 0.375. The van der Waals surface area contributed by atoms with Crippen molar-refractivity contribution in [3.05, 3.63) is 57.8 Å². The maximum absolute atomic E-state index is 10.2. The van der Waals surface area contributed by atoms with Crippen LogP contribution in [0.15, 0.2) is 41.1 Å². The van der Waals surface area contributed by atoms with Crippen molar-refractivity contribution < 1.29 is 5.11 Å². The zero-order valence-corrected chi connectivity index (χ0v) is 12.2. The van der Waals surface area contributed by atoms with Gasteiger partial charge in [0.25, 0.3) is 0 Å². The van der Waals surface area contributed by atoms with Crippen molar-refractivity contribution in [3.63, 3.8) is 0 Å². The monoisotopic (exact) mass is 288 g/mol. The van der Waals surface area contributed by atoms with Crippen molar-refractivity contribution in [3.8, 4) is 0 Å². The molecule has 0 spiro atoms. The number of thiophene rings is 1. The van der Waals surface area contributed by atoms with Gasteiger partial charge in [0.15, 0.2) is 0 Å². The maximum Gasteiger partial charge on any atom is 0.0922 e. The van der Waals surface area contributed by atoms with Gasteiger partial charge in [0.2, 0.25) is 0 Å². The van der Waals surface area contributed by atoms with E-state index in [9.17, 15) is 5.11 Å². The lowest BCUT2D eigenvalue weighted by Gasteiger charge is -2.21. The number of aliphatic hydroxyl groups excluding tert-OH is 1. The molecule has 2 unspecified atom stereocenters. The second-order valence-corrected chi connectivity index (χ2v) is 5.98. The van der Waals surface area contributed by atoms with Gasteiger partial charge in [0, 0.05) is 19.1 Å². The first-order valence-corrected chi connectivity index (χ1v) is 8.01. The van der Waals surface area contributed by atoms with Crippen LogP contribution in [0.1, 0.15) is 35.3 Å². The first-order chi connectivity index (χ1) is 9.84. The maximum atomic E-state index is 10.2. The van der Waals surface area contributed by atoms with Gasteiger partial charge in [-0.1, -0.05) is 24.3 Å². The standard InChI is InChI=1S/C16H20N2OS/c19-16(13-6-8-20-11-13)10-18-15-5-7-17-9-12-3-1-2-4-14(12)15/h1-4,6,8,11,15-19H,5,7,9-10H2. The van der Waals surface area contributed by atoms with Gasteiger partial charge in [-0.25, -0.2) is 0 Å². The summed E-state index contributed by atoms with van der Waals surface area (Å²) in [6.45, 7) is 2.53. The van der Waals surface area contributed by atoms with Crippen LogP contribution < -0.4 is 10.6 Å². The molecule has 3 rings (SSSR count). The van der Waals surface area contributed by atoms with Crippen LogP contribution in [-0.4, -0.2) is 18.2 Å². The van der Waals surface area contributed by atoms with E-state index in [0.29, 0.717) is 12.6 Å². The largest absolute Gasteiger partial charge is 0.387 e. The van der Waals surface area contributed by atoms with Crippen LogP contribution in [-0.2, 0) is 6.54 Å². The Labute approximate surface area is 123 Å². The molecule has 2 aromatic rings. The minimum Gasteiger partial charge on any atom is -0.387 e. The van der Waals surface area contributed by atoms with Gasteiger partial charge in [-0.2, -0.15) is 11.3 Å². The van der Waals surface area contributed by atoms with Crippen molar-refractivity contribution in [1.82, 2.24) is 10.6 Å². The highest BCUT2D eigenvalue weighted by Crippen LogP contribution is 2.24. The summed E-state index contributed by atoms with van der Waals surface area (Å²) in [5, 5.41) is 21.2. The third-order valence-corrected chi connectivity index (χ3v) is 4.54. The van der Waals surface area contributed by atoms with Gasteiger partial charge < -0.3 is 15.7 Å². The van der Waals surface area contributed by atoms with E-state index in [0.717, 1.165) is 25.1 Å². The Morgan fingerprint density at radius 3 is 3.10 bits per heavy atom. The molecular formula is C16H20N2OS. The lowest BCUT2D eigenvalue weighted by atomic mass is 9.99. The molecule has 1 aliphatic heterocycles. The minimum absolute atomic E-state index is 0.314. The van der Waals surface area contributed by atoms with Gasteiger partial charge in [-0.3, -0.25) is 0 Å². The zero-order chi connectivity index (χ0) is 13.8. The fourth-order valence-electron chi connectivity index (χ4n) is 2.71. The summed E-state index contributed by atoms with van der Waals surface area (Å²) in [5.41, 5.74) is 3.71. The number of benzene rings is 1. The Morgan fingerprint density at radius 2 is 2.25 bits per heavy atom. The summed E-state index contributed by atoms with van der Waals surface area (Å²) in [6.07, 6.45) is 0.623. The number of nitrogens with one attached hydrogen (secondary N) is 2. The van der Waals surface area contributed by atoms with E-state index in [1.165, 1.54) is 11.1 Å². The van der Waals surface area contributed by atoms with Crippen LogP contribution in [0.2, 0.25) is 0 Å². The van der Waals surface area contributed by atoms with E-state index in [1.54, 1.807) is 11.3 Å². The van der Waals surface area contributed by atoms with E-state index in [1.807, 2.05) is 16.8 Å². The van der Waals surface area contributed by atoms with E-state index >= 15 is 0 Å². The van der Waals surface area contributed by atoms with Crippen LogP contribution >= 0.6 is 11.3 Å². The molecule has 106 valence electrons. The highest BCUT2D eigenvalue weighted by atomic mass is 32.1. The molecule has 0 saturated heterocycles. The Hall–Kier alpha value is -1.20. The van der Waals surface area contributed by atoms with Crippen LogP contribution in [0.5, 0.6) is 0 Å². The summed E-state index contributed by atoms with van der Waals surface area (Å²) in [5.74, 6) is 0. The van der Waals surface area contributed by atoms with E-state index in [2.05, 4.69) is 34.9 Å². The lowest BCUT2D eigenvalue weighted by molar-refractivity contribution is 0.169.